The molecule has 8 nitrogen and oxygen atoms in total. The number of piperazine rings is 1. The maximum absolute atomic E-state index is 12.9. The summed E-state index contributed by atoms with van der Waals surface area (Å²) in [7, 11) is 0. The summed E-state index contributed by atoms with van der Waals surface area (Å²) in [5, 5.41) is 12.7. The fourth-order valence-electron chi connectivity index (χ4n) is 3.89. The van der Waals surface area contributed by atoms with E-state index < -0.39 is 0 Å². The Hall–Kier alpha value is -3.31. The van der Waals surface area contributed by atoms with E-state index in [-0.39, 0.29) is 18.5 Å². The first-order chi connectivity index (χ1) is 15.8. The van der Waals surface area contributed by atoms with E-state index in [1.54, 1.807) is 4.90 Å². The van der Waals surface area contributed by atoms with E-state index in [1.807, 2.05) is 67.5 Å². The van der Waals surface area contributed by atoms with Crippen molar-refractivity contribution < 1.29 is 14.3 Å². The highest BCUT2D eigenvalue weighted by molar-refractivity contribution is 5.93. The van der Waals surface area contributed by atoms with Crippen LogP contribution in [-0.4, -0.2) is 65.7 Å². The number of hydrogen-bond acceptors (Lipinski definition) is 5. The van der Waals surface area contributed by atoms with Gasteiger partial charge in [0.05, 0.1) is 18.7 Å². The van der Waals surface area contributed by atoms with Crippen molar-refractivity contribution in [3.05, 3.63) is 52.7 Å². The molecule has 0 unspecified atom stereocenters. The summed E-state index contributed by atoms with van der Waals surface area (Å²) in [4.78, 5) is 28.7. The Kier molecular flexibility index (Phi) is 8.12. The van der Waals surface area contributed by atoms with Gasteiger partial charge in [0.25, 0.3) is 0 Å². The summed E-state index contributed by atoms with van der Waals surface area (Å²) in [5.74, 6) is 0.664. The maximum atomic E-state index is 12.9. The number of ether oxygens (including phenoxy) is 1. The van der Waals surface area contributed by atoms with E-state index in [1.165, 1.54) is 0 Å². The second-order valence-corrected chi connectivity index (χ2v) is 8.90. The lowest BCUT2D eigenvalue weighted by molar-refractivity contribution is -0.117. The standard InChI is InChI=1S/C25H33N5O3/c1-18(2)17-33-25(32)29-12-10-28(11-13-29)16-23(31)27-24-22(14-26)19(3)20(4)30(24)15-21-8-6-5-7-9-21/h5-9,18H,10-13,15-17H2,1-4H3,(H,27,31). The highest BCUT2D eigenvalue weighted by Crippen LogP contribution is 2.27. The molecule has 176 valence electrons. The van der Waals surface area contributed by atoms with E-state index in [2.05, 4.69) is 11.4 Å². The van der Waals surface area contributed by atoms with Crippen molar-refractivity contribution in [1.29, 1.82) is 5.26 Å². The van der Waals surface area contributed by atoms with Gasteiger partial charge >= 0.3 is 6.09 Å². The molecule has 0 saturated carbocycles. The zero-order valence-corrected chi connectivity index (χ0v) is 19.9. The first kappa shape index (κ1) is 24.3. The highest BCUT2D eigenvalue weighted by atomic mass is 16.6. The molecule has 0 atom stereocenters. The van der Waals surface area contributed by atoms with Crippen molar-refractivity contribution in [3.63, 3.8) is 0 Å². The minimum Gasteiger partial charge on any atom is -0.449 e. The van der Waals surface area contributed by atoms with E-state index in [0.29, 0.717) is 56.6 Å². The molecule has 2 aromatic rings. The van der Waals surface area contributed by atoms with Gasteiger partial charge in [0, 0.05) is 38.4 Å². The van der Waals surface area contributed by atoms with Crippen LogP contribution in [0.5, 0.6) is 0 Å². The van der Waals surface area contributed by atoms with Crippen LogP contribution in [0, 0.1) is 31.1 Å². The topological polar surface area (TPSA) is 90.6 Å². The number of hydrogen-bond donors (Lipinski definition) is 1. The van der Waals surface area contributed by atoms with Crippen LogP contribution < -0.4 is 5.32 Å². The van der Waals surface area contributed by atoms with Gasteiger partial charge in [-0.1, -0.05) is 44.2 Å². The van der Waals surface area contributed by atoms with Gasteiger partial charge < -0.3 is 19.5 Å². The molecule has 1 aliphatic rings. The monoisotopic (exact) mass is 451 g/mol. The molecule has 0 bridgehead atoms. The van der Waals surface area contributed by atoms with Gasteiger partial charge in [-0.25, -0.2) is 4.79 Å². The number of rotatable bonds is 7. The lowest BCUT2D eigenvalue weighted by Crippen LogP contribution is -2.50. The Morgan fingerprint density at radius 2 is 1.79 bits per heavy atom. The minimum absolute atomic E-state index is 0.172. The molecule has 1 aromatic heterocycles. The summed E-state index contributed by atoms with van der Waals surface area (Å²) in [5.41, 5.74) is 3.42. The number of carbonyl (C=O) groups excluding carboxylic acids is 2. The molecule has 0 spiro atoms. The highest BCUT2D eigenvalue weighted by Gasteiger charge is 2.25. The number of carbonyl (C=O) groups is 2. The molecular formula is C25H33N5O3. The summed E-state index contributed by atoms with van der Waals surface area (Å²) < 4.78 is 7.28. The number of benzene rings is 1. The fraction of sp³-hybridized carbons (Fsp3) is 0.480. The zero-order valence-electron chi connectivity index (χ0n) is 19.9. The predicted octanol–water partition coefficient (Wildman–Crippen LogP) is 3.37. The third kappa shape index (κ3) is 6.14. The first-order valence-electron chi connectivity index (χ1n) is 11.4. The van der Waals surface area contributed by atoms with Crippen LogP contribution in [0.15, 0.2) is 30.3 Å². The summed E-state index contributed by atoms with van der Waals surface area (Å²) in [6, 6.07) is 12.2. The molecule has 1 fully saturated rings. The van der Waals surface area contributed by atoms with Crippen LogP contribution in [0.4, 0.5) is 10.6 Å². The van der Waals surface area contributed by atoms with Crippen molar-refractivity contribution >= 4 is 17.8 Å². The van der Waals surface area contributed by atoms with E-state index in [4.69, 9.17) is 4.74 Å². The number of anilines is 1. The lowest BCUT2D eigenvalue weighted by Gasteiger charge is -2.33. The van der Waals surface area contributed by atoms with Crippen molar-refractivity contribution in [2.75, 3.05) is 44.6 Å². The van der Waals surface area contributed by atoms with E-state index in [9.17, 15) is 14.9 Å². The van der Waals surface area contributed by atoms with Crippen LogP contribution in [0.3, 0.4) is 0 Å². The molecule has 3 rings (SSSR count). The third-order valence-electron chi connectivity index (χ3n) is 5.92. The molecule has 0 radical (unpaired) electrons. The Morgan fingerprint density at radius 3 is 2.39 bits per heavy atom. The van der Waals surface area contributed by atoms with Crippen LogP contribution in [0.2, 0.25) is 0 Å². The van der Waals surface area contributed by atoms with Crippen LogP contribution in [-0.2, 0) is 16.1 Å². The molecule has 1 N–H and O–H groups in total. The SMILES string of the molecule is Cc1c(C#N)c(NC(=O)CN2CCN(C(=O)OCC(C)C)CC2)n(Cc2ccccc2)c1C. The number of aromatic nitrogens is 1. The van der Waals surface area contributed by atoms with E-state index >= 15 is 0 Å². The molecule has 0 aliphatic carbocycles. The Bertz CT molecular complexity index is 1010. The van der Waals surface area contributed by atoms with Crippen molar-refractivity contribution in [2.24, 2.45) is 5.92 Å². The second-order valence-electron chi connectivity index (χ2n) is 8.90. The molecule has 33 heavy (non-hydrogen) atoms. The van der Waals surface area contributed by atoms with Gasteiger partial charge in [-0.15, -0.1) is 0 Å². The third-order valence-corrected chi connectivity index (χ3v) is 5.92. The van der Waals surface area contributed by atoms with Gasteiger partial charge in [-0.2, -0.15) is 5.26 Å². The average Bonchev–Trinajstić information content (AvgIpc) is 3.02. The average molecular weight is 452 g/mol. The first-order valence-corrected chi connectivity index (χ1v) is 11.4. The normalized spacial score (nSPS) is 14.2. The second kappa shape index (κ2) is 11.0. The molecule has 1 aliphatic heterocycles. The van der Waals surface area contributed by atoms with Crippen LogP contribution in [0.25, 0.3) is 0 Å². The van der Waals surface area contributed by atoms with E-state index in [0.717, 1.165) is 16.8 Å². The number of nitriles is 1. The minimum atomic E-state index is -0.295. The maximum Gasteiger partial charge on any atom is 0.409 e. The number of amides is 2. The largest absolute Gasteiger partial charge is 0.449 e. The summed E-state index contributed by atoms with van der Waals surface area (Å²) in [6.45, 7) is 11.3. The summed E-state index contributed by atoms with van der Waals surface area (Å²) in [6.07, 6.45) is -0.295. The number of nitrogens with one attached hydrogen (secondary N) is 1. The van der Waals surface area contributed by atoms with Crippen molar-refractivity contribution in [3.8, 4) is 6.07 Å². The molecule has 1 saturated heterocycles. The van der Waals surface area contributed by atoms with Gasteiger partial charge in [-0.3, -0.25) is 9.69 Å². The lowest BCUT2D eigenvalue weighted by atomic mass is 10.2. The van der Waals surface area contributed by atoms with Crippen LogP contribution >= 0.6 is 0 Å². The Labute approximate surface area is 195 Å². The molecule has 2 amide bonds. The number of nitrogens with zero attached hydrogens (tertiary/aromatic N) is 4. The molecule has 1 aromatic carbocycles. The molecular weight excluding hydrogens is 418 g/mol. The van der Waals surface area contributed by atoms with Crippen molar-refractivity contribution in [1.82, 2.24) is 14.4 Å². The quantitative estimate of drug-likeness (QED) is 0.697. The fourth-order valence-corrected chi connectivity index (χ4v) is 3.89. The predicted molar refractivity (Wildman–Crippen MR) is 127 cm³/mol. The van der Waals surface area contributed by atoms with Gasteiger partial charge in [-0.05, 0) is 30.9 Å². The van der Waals surface area contributed by atoms with Gasteiger partial charge in [0.15, 0.2) is 0 Å². The zero-order chi connectivity index (χ0) is 24.0. The van der Waals surface area contributed by atoms with Gasteiger partial charge in [0.1, 0.15) is 11.9 Å². The molecule has 8 heteroatoms. The van der Waals surface area contributed by atoms with Crippen molar-refractivity contribution in [2.45, 2.75) is 34.2 Å². The smallest absolute Gasteiger partial charge is 0.409 e. The Morgan fingerprint density at radius 1 is 1.12 bits per heavy atom. The molecule has 2 heterocycles. The van der Waals surface area contributed by atoms with Gasteiger partial charge in [0.2, 0.25) is 5.91 Å². The Balaban J connectivity index is 1.62. The summed E-state index contributed by atoms with van der Waals surface area (Å²) >= 11 is 0. The van der Waals surface area contributed by atoms with Crippen LogP contribution in [0.1, 0.15) is 36.2 Å².